The third kappa shape index (κ3) is 5.83. The Morgan fingerprint density at radius 3 is 2.54 bits per heavy atom. The van der Waals surface area contributed by atoms with E-state index in [-0.39, 0.29) is 16.3 Å². The molecule has 5 nitrogen and oxygen atoms in total. The van der Waals surface area contributed by atoms with E-state index in [1.54, 1.807) is 12.1 Å². The summed E-state index contributed by atoms with van der Waals surface area (Å²) >= 11 is 1.18. The van der Waals surface area contributed by atoms with E-state index in [9.17, 15) is 14.7 Å². The minimum atomic E-state index is -0.534. The van der Waals surface area contributed by atoms with Gasteiger partial charge in [0.25, 0.3) is 0 Å². The zero-order valence-corrected chi connectivity index (χ0v) is 15.1. The molecule has 1 aliphatic carbocycles. The summed E-state index contributed by atoms with van der Waals surface area (Å²) in [6.45, 7) is 5.89. The average molecular weight is 351 g/mol. The van der Waals surface area contributed by atoms with Gasteiger partial charge in [-0.2, -0.15) is 0 Å². The zero-order chi connectivity index (χ0) is 17.7. The number of aliphatic hydroxyl groups is 1. The van der Waals surface area contributed by atoms with Crippen molar-refractivity contribution in [2.24, 2.45) is 5.92 Å². The molecule has 0 bridgehead atoms. The van der Waals surface area contributed by atoms with Crippen molar-refractivity contribution in [2.45, 2.75) is 50.6 Å². The molecule has 0 radical (unpaired) electrons. The Bertz CT molecular complexity index is 570. The van der Waals surface area contributed by atoms with Gasteiger partial charge in [-0.25, -0.2) is 4.79 Å². The molecule has 6 heteroatoms. The van der Waals surface area contributed by atoms with Crippen molar-refractivity contribution in [3.8, 4) is 0 Å². The van der Waals surface area contributed by atoms with Crippen LogP contribution in [-0.2, 0) is 4.74 Å². The summed E-state index contributed by atoms with van der Waals surface area (Å²) in [5.74, 6) is 0.147. The highest BCUT2D eigenvalue weighted by molar-refractivity contribution is 8.14. The lowest BCUT2D eigenvalue weighted by atomic mass is 10.1. The quantitative estimate of drug-likeness (QED) is 0.871. The standard InChI is InChI=1S/C18H25NO4S/c1-18(2,3)23-17(22)19-11-12-9-14(20)15(10-12)24-16(21)13-7-5-4-6-8-13/h4-8,12,14-15,20H,9-11H2,1-3H3,(H,19,22)/t12?,14-,15-/m1/s1. The Kier molecular flexibility index (Phi) is 6.29. The van der Waals surface area contributed by atoms with E-state index in [0.717, 1.165) is 0 Å². The summed E-state index contributed by atoms with van der Waals surface area (Å²) in [6, 6.07) is 9.07. The number of alkyl carbamates (subject to hydrolysis) is 1. The Morgan fingerprint density at radius 1 is 1.25 bits per heavy atom. The first kappa shape index (κ1) is 18.8. The molecule has 0 spiro atoms. The smallest absolute Gasteiger partial charge is 0.407 e. The number of ether oxygens (including phenoxy) is 1. The van der Waals surface area contributed by atoms with Gasteiger partial charge in [0.05, 0.1) is 6.10 Å². The van der Waals surface area contributed by atoms with Gasteiger partial charge >= 0.3 is 6.09 Å². The van der Waals surface area contributed by atoms with Crippen molar-refractivity contribution in [2.75, 3.05) is 6.54 Å². The molecule has 1 amide bonds. The molecule has 3 atom stereocenters. The molecule has 0 heterocycles. The van der Waals surface area contributed by atoms with Crippen LogP contribution in [0.4, 0.5) is 4.79 Å². The maximum atomic E-state index is 12.2. The zero-order valence-electron chi connectivity index (χ0n) is 14.3. The predicted octanol–water partition coefficient (Wildman–Crippen LogP) is 3.22. The first-order valence-electron chi connectivity index (χ1n) is 8.15. The van der Waals surface area contributed by atoms with Crippen molar-refractivity contribution >= 4 is 23.0 Å². The molecule has 1 fully saturated rings. The second-order valence-corrected chi connectivity index (χ2v) is 8.31. The summed E-state index contributed by atoms with van der Waals surface area (Å²) in [7, 11) is 0. The fourth-order valence-electron chi connectivity index (χ4n) is 2.69. The van der Waals surface area contributed by atoms with Gasteiger partial charge in [0.1, 0.15) is 5.60 Å². The summed E-state index contributed by atoms with van der Waals surface area (Å²) in [6.07, 6.45) is 0.289. The highest BCUT2D eigenvalue weighted by atomic mass is 32.2. The molecule has 132 valence electrons. The lowest BCUT2D eigenvalue weighted by Crippen LogP contribution is -2.35. The molecule has 0 aliphatic heterocycles. The second kappa shape index (κ2) is 8.03. The van der Waals surface area contributed by atoms with Crippen LogP contribution in [0.3, 0.4) is 0 Å². The van der Waals surface area contributed by atoms with Crippen LogP contribution in [-0.4, -0.2) is 39.8 Å². The molecule has 2 rings (SSSR count). The van der Waals surface area contributed by atoms with Crippen LogP contribution < -0.4 is 5.32 Å². The highest BCUT2D eigenvalue weighted by Gasteiger charge is 2.35. The maximum Gasteiger partial charge on any atom is 0.407 e. The van der Waals surface area contributed by atoms with Gasteiger partial charge in [-0.05, 0) is 39.5 Å². The van der Waals surface area contributed by atoms with E-state index < -0.39 is 17.8 Å². The number of hydrogen-bond acceptors (Lipinski definition) is 5. The number of aliphatic hydroxyl groups excluding tert-OH is 1. The summed E-state index contributed by atoms with van der Waals surface area (Å²) < 4.78 is 5.20. The van der Waals surface area contributed by atoms with Crippen LogP contribution in [0.1, 0.15) is 44.0 Å². The molecule has 1 aromatic carbocycles. The van der Waals surface area contributed by atoms with Crippen molar-refractivity contribution in [1.29, 1.82) is 0 Å². The Balaban J connectivity index is 1.80. The summed E-state index contributed by atoms with van der Waals surface area (Å²) in [5.41, 5.74) is 0.116. The lowest BCUT2D eigenvalue weighted by molar-refractivity contribution is 0.0517. The fraction of sp³-hybridized carbons (Fsp3) is 0.556. The molecule has 0 aromatic heterocycles. The van der Waals surface area contributed by atoms with Crippen LogP contribution in [0.5, 0.6) is 0 Å². The van der Waals surface area contributed by atoms with Gasteiger partial charge in [0.15, 0.2) is 0 Å². The number of nitrogens with one attached hydrogen (secondary N) is 1. The fourth-order valence-corrected chi connectivity index (χ4v) is 3.87. The van der Waals surface area contributed by atoms with Crippen molar-refractivity contribution in [3.05, 3.63) is 35.9 Å². The molecule has 1 aliphatic rings. The number of carbonyl (C=O) groups is 2. The van der Waals surface area contributed by atoms with Gasteiger partial charge in [0.2, 0.25) is 5.12 Å². The van der Waals surface area contributed by atoms with Gasteiger partial charge in [-0.1, -0.05) is 42.1 Å². The van der Waals surface area contributed by atoms with Crippen LogP contribution >= 0.6 is 11.8 Å². The number of rotatable bonds is 4. The molecule has 1 aromatic rings. The van der Waals surface area contributed by atoms with E-state index in [0.29, 0.717) is 24.9 Å². The minimum absolute atomic E-state index is 0.0274. The monoisotopic (exact) mass is 351 g/mol. The number of carbonyl (C=O) groups excluding carboxylic acids is 2. The molecule has 2 N–H and O–H groups in total. The highest BCUT2D eigenvalue weighted by Crippen LogP contribution is 2.35. The Labute approximate surface area is 147 Å². The Hall–Kier alpha value is -1.53. The number of thioether (sulfide) groups is 1. The van der Waals surface area contributed by atoms with E-state index in [1.807, 2.05) is 39.0 Å². The molecule has 0 saturated heterocycles. The summed E-state index contributed by atoms with van der Waals surface area (Å²) in [5, 5.41) is 12.8. The van der Waals surface area contributed by atoms with E-state index >= 15 is 0 Å². The Morgan fingerprint density at radius 2 is 1.92 bits per heavy atom. The molecule has 24 heavy (non-hydrogen) atoms. The summed E-state index contributed by atoms with van der Waals surface area (Å²) in [4.78, 5) is 23.9. The van der Waals surface area contributed by atoms with Gasteiger partial charge < -0.3 is 15.2 Å². The second-order valence-electron chi connectivity index (χ2n) is 7.10. The van der Waals surface area contributed by atoms with E-state index in [2.05, 4.69) is 5.32 Å². The largest absolute Gasteiger partial charge is 0.444 e. The van der Waals surface area contributed by atoms with Crippen LogP contribution in [0.15, 0.2) is 30.3 Å². The van der Waals surface area contributed by atoms with E-state index in [1.165, 1.54) is 11.8 Å². The van der Waals surface area contributed by atoms with Gasteiger partial charge in [0, 0.05) is 17.4 Å². The van der Waals surface area contributed by atoms with Crippen LogP contribution in [0, 0.1) is 5.92 Å². The SMILES string of the molecule is CC(C)(C)OC(=O)NCC1C[C@@H](O)[C@H](SC(=O)c2ccccc2)C1. The van der Waals surface area contributed by atoms with Crippen LogP contribution in [0.25, 0.3) is 0 Å². The first-order chi connectivity index (χ1) is 11.2. The van der Waals surface area contributed by atoms with Crippen molar-refractivity contribution in [3.63, 3.8) is 0 Å². The topological polar surface area (TPSA) is 75.6 Å². The lowest BCUT2D eigenvalue weighted by Gasteiger charge is -2.20. The third-order valence-corrected chi connectivity index (χ3v) is 5.03. The van der Waals surface area contributed by atoms with E-state index in [4.69, 9.17) is 4.74 Å². The third-order valence-electron chi connectivity index (χ3n) is 3.77. The van der Waals surface area contributed by atoms with Crippen molar-refractivity contribution in [1.82, 2.24) is 5.32 Å². The van der Waals surface area contributed by atoms with Gasteiger partial charge in [-0.3, -0.25) is 4.79 Å². The maximum absolute atomic E-state index is 12.2. The molecule has 1 saturated carbocycles. The number of benzene rings is 1. The van der Waals surface area contributed by atoms with Crippen LogP contribution in [0.2, 0.25) is 0 Å². The normalized spacial score (nSPS) is 23.8. The number of amides is 1. The van der Waals surface area contributed by atoms with Gasteiger partial charge in [-0.15, -0.1) is 0 Å². The average Bonchev–Trinajstić information content (AvgIpc) is 2.84. The molecular formula is C18H25NO4S. The van der Waals surface area contributed by atoms with Crippen molar-refractivity contribution < 1.29 is 19.4 Å². The minimum Gasteiger partial charge on any atom is -0.444 e. The molecular weight excluding hydrogens is 326 g/mol. The number of hydrogen-bond donors (Lipinski definition) is 2. The first-order valence-corrected chi connectivity index (χ1v) is 9.03. The molecule has 1 unspecified atom stereocenters. The predicted molar refractivity (Wildman–Crippen MR) is 95.1 cm³/mol.